The van der Waals surface area contributed by atoms with Gasteiger partial charge >= 0.3 is 0 Å². The number of ether oxygens (including phenoxy) is 1. The smallest absolute Gasteiger partial charge is 0.253 e. The lowest BCUT2D eigenvalue weighted by molar-refractivity contribution is -0.122. The van der Waals surface area contributed by atoms with E-state index in [4.69, 9.17) is 4.74 Å². The molecule has 1 aliphatic rings. The number of benzene rings is 2. The predicted molar refractivity (Wildman–Crippen MR) is 119 cm³/mol. The SMILES string of the molecule is COCC(=O)N(c1ccc(C)cc1)C1CCN(Cc2ccc(C(C)C)cc2)CC1. The van der Waals surface area contributed by atoms with Crippen LogP contribution in [-0.4, -0.2) is 43.7 Å². The van der Waals surface area contributed by atoms with Gasteiger partial charge in [-0.15, -0.1) is 0 Å². The number of piperidine rings is 1. The molecule has 0 saturated carbocycles. The van der Waals surface area contributed by atoms with Crippen molar-refractivity contribution in [2.24, 2.45) is 0 Å². The fraction of sp³-hybridized carbons (Fsp3) is 0.480. The Kier molecular flexibility index (Phi) is 7.45. The minimum atomic E-state index is 0.0408. The topological polar surface area (TPSA) is 32.8 Å². The van der Waals surface area contributed by atoms with Gasteiger partial charge in [0.05, 0.1) is 0 Å². The summed E-state index contributed by atoms with van der Waals surface area (Å²) in [5, 5.41) is 0. The van der Waals surface area contributed by atoms with Gasteiger partial charge < -0.3 is 9.64 Å². The van der Waals surface area contributed by atoms with E-state index >= 15 is 0 Å². The number of likely N-dealkylation sites (tertiary alicyclic amines) is 1. The number of anilines is 1. The molecular weight excluding hydrogens is 360 g/mol. The second-order valence-corrected chi connectivity index (χ2v) is 8.44. The highest BCUT2D eigenvalue weighted by molar-refractivity contribution is 5.94. The Balaban J connectivity index is 1.63. The molecule has 0 radical (unpaired) electrons. The Morgan fingerprint density at radius 1 is 1.07 bits per heavy atom. The van der Waals surface area contributed by atoms with Crippen LogP contribution in [0.5, 0.6) is 0 Å². The fourth-order valence-electron chi connectivity index (χ4n) is 4.06. The number of rotatable bonds is 7. The van der Waals surface area contributed by atoms with E-state index in [0.29, 0.717) is 5.92 Å². The van der Waals surface area contributed by atoms with Crippen LogP contribution in [0.1, 0.15) is 49.3 Å². The summed E-state index contributed by atoms with van der Waals surface area (Å²) in [5.74, 6) is 0.608. The summed E-state index contributed by atoms with van der Waals surface area (Å²) in [4.78, 5) is 17.2. The van der Waals surface area contributed by atoms with Crippen molar-refractivity contribution in [2.75, 3.05) is 31.7 Å². The third kappa shape index (κ3) is 5.68. The van der Waals surface area contributed by atoms with E-state index in [1.807, 2.05) is 17.0 Å². The minimum Gasteiger partial charge on any atom is -0.375 e. The summed E-state index contributed by atoms with van der Waals surface area (Å²) in [6.45, 7) is 9.61. The second-order valence-electron chi connectivity index (χ2n) is 8.44. The van der Waals surface area contributed by atoms with E-state index in [0.717, 1.165) is 38.2 Å². The van der Waals surface area contributed by atoms with E-state index in [1.165, 1.54) is 16.7 Å². The van der Waals surface area contributed by atoms with Crippen molar-refractivity contribution < 1.29 is 9.53 Å². The van der Waals surface area contributed by atoms with Gasteiger partial charge in [-0.3, -0.25) is 9.69 Å². The van der Waals surface area contributed by atoms with Crippen LogP contribution in [0.2, 0.25) is 0 Å². The maximum Gasteiger partial charge on any atom is 0.253 e. The molecule has 0 atom stereocenters. The van der Waals surface area contributed by atoms with Crippen molar-refractivity contribution in [1.29, 1.82) is 0 Å². The van der Waals surface area contributed by atoms with Crippen molar-refractivity contribution in [3.8, 4) is 0 Å². The Hall–Kier alpha value is -2.17. The maximum atomic E-state index is 12.8. The Labute approximate surface area is 175 Å². The average Bonchev–Trinajstić information content (AvgIpc) is 2.71. The molecule has 1 aliphatic heterocycles. The number of carbonyl (C=O) groups is 1. The first kappa shape index (κ1) is 21.5. The molecule has 3 rings (SSSR count). The summed E-state index contributed by atoms with van der Waals surface area (Å²) in [7, 11) is 1.58. The third-order valence-electron chi connectivity index (χ3n) is 5.82. The number of methoxy groups -OCH3 is 1. The van der Waals surface area contributed by atoms with Crippen LogP contribution in [0.15, 0.2) is 48.5 Å². The highest BCUT2D eigenvalue weighted by Crippen LogP contribution is 2.25. The van der Waals surface area contributed by atoms with Gasteiger partial charge in [0.1, 0.15) is 6.61 Å². The lowest BCUT2D eigenvalue weighted by atomic mass is 9.99. The molecule has 1 fully saturated rings. The largest absolute Gasteiger partial charge is 0.375 e. The van der Waals surface area contributed by atoms with Gasteiger partial charge in [0.15, 0.2) is 0 Å². The van der Waals surface area contributed by atoms with Crippen LogP contribution in [0.3, 0.4) is 0 Å². The van der Waals surface area contributed by atoms with E-state index in [-0.39, 0.29) is 18.6 Å². The molecule has 4 nitrogen and oxygen atoms in total. The highest BCUT2D eigenvalue weighted by Gasteiger charge is 2.29. The van der Waals surface area contributed by atoms with Crippen molar-refractivity contribution in [1.82, 2.24) is 4.90 Å². The fourth-order valence-corrected chi connectivity index (χ4v) is 4.06. The Morgan fingerprint density at radius 3 is 2.24 bits per heavy atom. The van der Waals surface area contributed by atoms with Crippen molar-refractivity contribution in [3.05, 3.63) is 65.2 Å². The maximum absolute atomic E-state index is 12.8. The first-order chi connectivity index (χ1) is 14.0. The summed E-state index contributed by atoms with van der Waals surface area (Å²) in [6.07, 6.45) is 1.96. The molecule has 0 aromatic heterocycles. The molecule has 29 heavy (non-hydrogen) atoms. The second kappa shape index (κ2) is 10.0. The van der Waals surface area contributed by atoms with E-state index in [9.17, 15) is 4.79 Å². The zero-order valence-electron chi connectivity index (χ0n) is 18.2. The number of nitrogens with zero attached hydrogens (tertiary/aromatic N) is 2. The average molecular weight is 395 g/mol. The summed E-state index contributed by atoms with van der Waals surface area (Å²) < 4.78 is 5.15. The van der Waals surface area contributed by atoms with Crippen LogP contribution >= 0.6 is 0 Å². The van der Waals surface area contributed by atoms with Gasteiger partial charge in [-0.1, -0.05) is 55.8 Å². The van der Waals surface area contributed by atoms with E-state index < -0.39 is 0 Å². The van der Waals surface area contributed by atoms with E-state index in [1.54, 1.807) is 7.11 Å². The van der Waals surface area contributed by atoms with Gasteiger partial charge in [0, 0.05) is 38.5 Å². The molecular formula is C25H34N2O2. The van der Waals surface area contributed by atoms with Gasteiger partial charge in [0.25, 0.3) is 5.91 Å². The molecule has 1 amide bonds. The van der Waals surface area contributed by atoms with Crippen LogP contribution in [0, 0.1) is 6.92 Å². The van der Waals surface area contributed by atoms with Gasteiger partial charge in [-0.05, 0) is 48.9 Å². The van der Waals surface area contributed by atoms with E-state index in [2.05, 4.69) is 62.1 Å². The lowest BCUT2D eigenvalue weighted by Gasteiger charge is -2.38. The normalized spacial score (nSPS) is 15.6. The molecule has 0 N–H and O–H groups in total. The highest BCUT2D eigenvalue weighted by atomic mass is 16.5. The standard InChI is InChI=1S/C25H34N2O2/c1-19(2)22-9-7-21(8-10-22)17-26-15-13-24(14-16-26)27(25(28)18-29-4)23-11-5-20(3)6-12-23/h5-12,19,24H,13-18H2,1-4H3. The number of carbonyl (C=O) groups excluding carboxylic acids is 1. The minimum absolute atomic E-state index is 0.0408. The summed E-state index contributed by atoms with van der Waals surface area (Å²) >= 11 is 0. The number of hydrogen-bond acceptors (Lipinski definition) is 3. The molecule has 0 aliphatic carbocycles. The molecule has 2 aromatic carbocycles. The number of hydrogen-bond donors (Lipinski definition) is 0. The van der Waals surface area contributed by atoms with Crippen LogP contribution in [0.25, 0.3) is 0 Å². The van der Waals surface area contributed by atoms with Crippen LogP contribution in [-0.2, 0) is 16.1 Å². The predicted octanol–water partition coefficient (Wildman–Crippen LogP) is 4.76. The quantitative estimate of drug-likeness (QED) is 0.679. The molecule has 0 spiro atoms. The molecule has 0 bridgehead atoms. The monoisotopic (exact) mass is 394 g/mol. The zero-order valence-corrected chi connectivity index (χ0v) is 18.2. The summed E-state index contributed by atoms with van der Waals surface area (Å²) in [6, 6.07) is 17.4. The molecule has 4 heteroatoms. The van der Waals surface area contributed by atoms with Crippen molar-refractivity contribution >= 4 is 11.6 Å². The van der Waals surface area contributed by atoms with Crippen molar-refractivity contribution in [3.63, 3.8) is 0 Å². The molecule has 1 heterocycles. The third-order valence-corrected chi connectivity index (χ3v) is 5.82. The molecule has 1 saturated heterocycles. The Bertz CT molecular complexity index is 775. The molecule has 0 unspecified atom stereocenters. The van der Waals surface area contributed by atoms with Crippen LogP contribution < -0.4 is 4.90 Å². The lowest BCUT2D eigenvalue weighted by Crippen LogP contribution is -2.48. The van der Waals surface area contributed by atoms with Gasteiger partial charge in [-0.25, -0.2) is 0 Å². The van der Waals surface area contributed by atoms with Gasteiger partial charge in [-0.2, -0.15) is 0 Å². The summed E-state index contributed by atoms with van der Waals surface area (Å²) in [5.41, 5.74) is 4.92. The Morgan fingerprint density at radius 2 is 1.69 bits per heavy atom. The zero-order chi connectivity index (χ0) is 20.8. The first-order valence-electron chi connectivity index (χ1n) is 10.7. The molecule has 156 valence electrons. The number of aryl methyl sites for hydroxylation is 1. The first-order valence-corrected chi connectivity index (χ1v) is 10.7. The van der Waals surface area contributed by atoms with Crippen molar-refractivity contribution in [2.45, 2.75) is 52.1 Å². The molecule has 2 aromatic rings. The number of amides is 1. The van der Waals surface area contributed by atoms with Gasteiger partial charge in [0.2, 0.25) is 0 Å². The van der Waals surface area contributed by atoms with Crippen LogP contribution in [0.4, 0.5) is 5.69 Å².